The van der Waals surface area contributed by atoms with Crippen LogP contribution in [0.1, 0.15) is 11.1 Å². The maximum Gasteiger partial charge on any atom is 0.408 e. The van der Waals surface area contributed by atoms with Crippen LogP contribution in [0.25, 0.3) is 0 Å². The highest BCUT2D eigenvalue weighted by atomic mass is 19.1. The molecule has 2 N–H and O–H groups in total. The Hall–Kier alpha value is -2.97. The fourth-order valence-electron chi connectivity index (χ4n) is 2.54. The number of alkyl carbamates (subject to hydrolysis) is 1. The predicted molar refractivity (Wildman–Crippen MR) is 104 cm³/mol. The van der Waals surface area contributed by atoms with E-state index in [-0.39, 0.29) is 25.4 Å². The van der Waals surface area contributed by atoms with E-state index in [0.29, 0.717) is 5.56 Å². The minimum Gasteiger partial charge on any atom is -0.445 e. The Morgan fingerprint density at radius 3 is 2.24 bits per heavy atom. The van der Waals surface area contributed by atoms with Gasteiger partial charge in [0.15, 0.2) is 6.29 Å². The lowest BCUT2D eigenvalue weighted by atomic mass is 10.1. The number of carbonyl (C=O) groups is 2. The van der Waals surface area contributed by atoms with Gasteiger partial charge in [0.2, 0.25) is 5.91 Å². The second-order valence-electron chi connectivity index (χ2n) is 6.24. The lowest BCUT2D eigenvalue weighted by molar-refractivity contribution is -0.129. The largest absolute Gasteiger partial charge is 0.445 e. The van der Waals surface area contributed by atoms with Crippen molar-refractivity contribution in [3.63, 3.8) is 0 Å². The number of rotatable bonds is 10. The minimum atomic E-state index is -0.918. The number of methoxy groups -OCH3 is 2. The molecule has 0 unspecified atom stereocenters. The third kappa shape index (κ3) is 7.89. The van der Waals surface area contributed by atoms with Gasteiger partial charge in [0.25, 0.3) is 0 Å². The van der Waals surface area contributed by atoms with Crippen molar-refractivity contribution in [1.29, 1.82) is 0 Å². The monoisotopic (exact) mass is 404 g/mol. The molecule has 1 atom stereocenters. The number of carbonyl (C=O) groups excluding carboxylic acids is 2. The lowest BCUT2D eigenvalue weighted by Crippen LogP contribution is -2.49. The molecule has 2 aromatic rings. The van der Waals surface area contributed by atoms with E-state index in [4.69, 9.17) is 14.2 Å². The summed E-state index contributed by atoms with van der Waals surface area (Å²) in [5.74, 6) is -0.821. The number of hydrogen-bond donors (Lipinski definition) is 2. The average molecular weight is 404 g/mol. The van der Waals surface area contributed by atoms with Crippen molar-refractivity contribution in [3.05, 3.63) is 71.5 Å². The van der Waals surface area contributed by atoms with E-state index in [1.54, 1.807) is 12.1 Å². The normalized spacial score (nSPS) is 11.7. The smallest absolute Gasteiger partial charge is 0.408 e. The van der Waals surface area contributed by atoms with Gasteiger partial charge in [0, 0.05) is 20.6 Å². The third-order valence-corrected chi connectivity index (χ3v) is 4.14. The Labute approximate surface area is 169 Å². The number of amides is 2. The molecule has 0 aliphatic rings. The van der Waals surface area contributed by atoms with E-state index in [2.05, 4.69) is 10.6 Å². The van der Waals surface area contributed by atoms with Crippen LogP contribution >= 0.6 is 0 Å². The van der Waals surface area contributed by atoms with Gasteiger partial charge in [0.05, 0.1) is 6.54 Å². The molecule has 8 heteroatoms. The Balaban J connectivity index is 1.99. The third-order valence-electron chi connectivity index (χ3n) is 4.14. The SMILES string of the molecule is COC(CNC(=O)[C@H](Cc1ccc(F)cc1)NC(=O)OCc1ccccc1)OC. The maximum atomic E-state index is 13.1. The van der Waals surface area contributed by atoms with Crippen molar-refractivity contribution in [3.8, 4) is 0 Å². The molecule has 0 aromatic heterocycles. The van der Waals surface area contributed by atoms with E-state index >= 15 is 0 Å². The van der Waals surface area contributed by atoms with Crippen molar-refractivity contribution >= 4 is 12.0 Å². The van der Waals surface area contributed by atoms with Crippen LogP contribution in [-0.4, -0.2) is 45.1 Å². The van der Waals surface area contributed by atoms with Gasteiger partial charge in [0.1, 0.15) is 18.5 Å². The Kier molecular flexibility index (Phi) is 9.07. The number of benzene rings is 2. The summed E-state index contributed by atoms with van der Waals surface area (Å²) in [5.41, 5.74) is 1.51. The Morgan fingerprint density at radius 1 is 0.966 bits per heavy atom. The van der Waals surface area contributed by atoms with Gasteiger partial charge in [-0.05, 0) is 23.3 Å². The average Bonchev–Trinajstić information content (AvgIpc) is 2.74. The molecule has 0 aliphatic heterocycles. The molecule has 2 amide bonds. The molecule has 0 radical (unpaired) electrons. The molecule has 2 rings (SSSR count). The topological polar surface area (TPSA) is 85.9 Å². The van der Waals surface area contributed by atoms with Gasteiger partial charge >= 0.3 is 6.09 Å². The van der Waals surface area contributed by atoms with E-state index < -0.39 is 24.3 Å². The minimum absolute atomic E-state index is 0.0764. The van der Waals surface area contributed by atoms with Crippen LogP contribution < -0.4 is 10.6 Å². The summed E-state index contributed by atoms with van der Waals surface area (Å²) in [6.45, 7) is 0.180. The second-order valence-corrected chi connectivity index (χ2v) is 6.24. The van der Waals surface area contributed by atoms with E-state index in [9.17, 15) is 14.0 Å². The summed E-state index contributed by atoms with van der Waals surface area (Å²) in [7, 11) is 2.91. The van der Waals surface area contributed by atoms with Crippen LogP contribution in [0.2, 0.25) is 0 Å². The quantitative estimate of drug-likeness (QED) is 0.594. The standard InChI is InChI=1S/C21H25FN2O5/c1-27-19(28-2)13-23-20(25)18(12-15-8-10-17(22)11-9-15)24-21(26)29-14-16-6-4-3-5-7-16/h3-11,18-19H,12-14H2,1-2H3,(H,23,25)(H,24,26)/t18-/m0/s1. The van der Waals surface area contributed by atoms with Crippen LogP contribution in [-0.2, 0) is 32.0 Å². The molecule has 7 nitrogen and oxygen atoms in total. The molecular formula is C21H25FN2O5. The summed E-state index contributed by atoms with van der Waals surface area (Å²) >= 11 is 0. The van der Waals surface area contributed by atoms with E-state index in [1.807, 2.05) is 30.3 Å². The highest BCUT2D eigenvalue weighted by Crippen LogP contribution is 2.07. The molecule has 0 fully saturated rings. The molecule has 0 saturated heterocycles. The summed E-state index contributed by atoms with van der Waals surface area (Å²) in [6, 6.07) is 14.0. The zero-order valence-electron chi connectivity index (χ0n) is 16.4. The summed E-state index contributed by atoms with van der Waals surface area (Å²) in [4.78, 5) is 24.8. The molecule has 0 heterocycles. The molecule has 0 spiro atoms. The van der Waals surface area contributed by atoms with Crippen LogP contribution in [0.5, 0.6) is 0 Å². The van der Waals surface area contributed by atoms with Crippen LogP contribution in [0.4, 0.5) is 9.18 Å². The van der Waals surface area contributed by atoms with Gasteiger partial charge in [-0.3, -0.25) is 4.79 Å². The fraction of sp³-hybridized carbons (Fsp3) is 0.333. The van der Waals surface area contributed by atoms with Crippen LogP contribution in [0, 0.1) is 5.82 Å². The molecule has 29 heavy (non-hydrogen) atoms. The van der Waals surface area contributed by atoms with Gasteiger partial charge in [-0.25, -0.2) is 9.18 Å². The number of hydrogen-bond acceptors (Lipinski definition) is 5. The first-order valence-electron chi connectivity index (χ1n) is 9.06. The molecule has 156 valence electrons. The summed E-state index contributed by atoms with van der Waals surface area (Å²) in [5, 5.41) is 5.22. The lowest BCUT2D eigenvalue weighted by Gasteiger charge is -2.20. The molecule has 0 bridgehead atoms. The Morgan fingerprint density at radius 2 is 1.62 bits per heavy atom. The van der Waals surface area contributed by atoms with Gasteiger partial charge in [-0.2, -0.15) is 0 Å². The Bertz CT molecular complexity index is 766. The van der Waals surface area contributed by atoms with Gasteiger partial charge in [-0.1, -0.05) is 42.5 Å². The zero-order chi connectivity index (χ0) is 21.1. The van der Waals surface area contributed by atoms with Crippen LogP contribution in [0.15, 0.2) is 54.6 Å². The number of nitrogens with one attached hydrogen (secondary N) is 2. The summed E-state index contributed by atoms with van der Waals surface area (Å²) < 4.78 is 28.4. The number of halogens is 1. The first-order valence-corrected chi connectivity index (χ1v) is 9.06. The fourth-order valence-corrected chi connectivity index (χ4v) is 2.54. The highest BCUT2D eigenvalue weighted by molar-refractivity contribution is 5.85. The number of ether oxygens (including phenoxy) is 3. The summed E-state index contributed by atoms with van der Waals surface area (Å²) in [6.07, 6.45) is -1.18. The van der Waals surface area contributed by atoms with E-state index in [0.717, 1.165) is 5.56 Å². The molecular weight excluding hydrogens is 379 g/mol. The van der Waals surface area contributed by atoms with Crippen molar-refractivity contribution in [2.24, 2.45) is 0 Å². The highest BCUT2D eigenvalue weighted by Gasteiger charge is 2.23. The van der Waals surface area contributed by atoms with Gasteiger partial charge in [-0.15, -0.1) is 0 Å². The predicted octanol–water partition coefficient (Wildman–Crippen LogP) is 2.40. The zero-order valence-corrected chi connectivity index (χ0v) is 16.4. The first-order chi connectivity index (χ1) is 14.0. The molecule has 0 saturated carbocycles. The van der Waals surface area contributed by atoms with Crippen molar-refractivity contribution in [2.75, 3.05) is 20.8 Å². The van der Waals surface area contributed by atoms with E-state index in [1.165, 1.54) is 26.4 Å². The van der Waals surface area contributed by atoms with Crippen molar-refractivity contribution < 1.29 is 28.2 Å². The second kappa shape index (κ2) is 11.8. The van der Waals surface area contributed by atoms with Crippen molar-refractivity contribution in [2.45, 2.75) is 25.4 Å². The maximum absolute atomic E-state index is 13.1. The van der Waals surface area contributed by atoms with Crippen LogP contribution in [0.3, 0.4) is 0 Å². The first kappa shape index (κ1) is 22.3. The van der Waals surface area contributed by atoms with Crippen molar-refractivity contribution in [1.82, 2.24) is 10.6 Å². The molecule has 0 aliphatic carbocycles. The molecule has 2 aromatic carbocycles. The van der Waals surface area contributed by atoms with Gasteiger partial charge < -0.3 is 24.8 Å².